The summed E-state index contributed by atoms with van der Waals surface area (Å²) in [5.74, 6) is -0.614. The van der Waals surface area contributed by atoms with Gasteiger partial charge in [0.05, 0.1) is 19.1 Å². The SMILES string of the molecule is Cc1ccccc1C(CC(=O)O)NC(=O)COCC1CC1. The summed E-state index contributed by atoms with van der Waals surface area (Å²) < 4.78 is 5.33. The van der Waals surface area contributed by atoms with Crippen LogP contribution >= 0.6 is 0 Å². The lowest BCUT2D eigenvalue weighted by molar-refractivity contribution is -0.138. The van der Waals surface area contributed by atoms with Gasteiger partial charge >= 0.3 is 5.97 Å². The number of ether oxygens (including phenoxy) is 1. The van der Waals surface area contributed by atoms with Crippen molar-refractivity contribution >= 4 is 11.9 Å². The maximum atomic E-state index is 11.9. The van der Waals surface area contributed by atoms with Crippen LogP contribution in [0, 0.1) is 12.8 Å². The van der Waals surface area contributed by atoms with E-state index in [1.807, 2.05) is 31.2 Å². The van der Waals surface area contributed by atoms with Gasteiger partial charge in [-0.2, -0.15) is 0 Å². The molecule has 0 radical (unpaired) electrons. The summed E-state index contributed by atoms with van der Waals surface area (Å²) in [6.07, 6.45) is 2.21. The highest BCUT2D eigenvalue weighted by Crippen LogP contribution is 2.28. The molecule has 1 aromatic rings. The molecule has 1 aliphatic rings. The summed E-state index contributed by atoms with van der Waals surface area (Å²) in [6.45, 7) is 2.50. The maximum absolute atomic E-state index is 11.9. The first-order chi connectivity index (χ1) is 10.1. The number of carboxylic acid groups (broad SMARTS) is 1. The van der Waals surface area contributed by atoms with E-state index < -0.39 is 12.0 Å². The number of benzene rings is 1. The number of amides is 1. The van der Waals surface area contributed by atoms with Crippen LogP contribution in [0.4, 0.5) is 0 Å². The Morgan fingerprint density at radius 1 is 1.38 bits per heavy atom. The lowest BCUT2D eigenvalue weighted by atomic mass is 9.99. The predicted molar refractivity (Wildman–Crippen MR) is 77.9 cm³/mol. The molecule has 1 fully saturated rings. The number of carbonyl (C=O) groups is 2. The molecule has 5 nitrogen and oxygen atoms in total. The molecule has 114 valence electrons. The number of hydrogen-bond acceptors (Lipinski definition) is 3. The summed E-state index contributed by atoms with van der Waals surface area (Å²) in [5.41, 5.74) is 1.79. The van der Waals surface area contributed by atoms with Crippen LogP contribution in [0.3, 0.4) is 0 Å². The van der Waals surface area contributed by atoms with Crippen LogP contribution in [0.1, 0.15) is 36.4 Å². The minimum absolute atomic E-state index is 0.0154. The third-order valence-electron chi connectivity index (χ3n) is 3.56. The van der Waals surface area contributed by atoms with Crippen molar-refractivity contribution in [3.8, 4) is 0 Å². The summed E-state index contributed by atoms with van der Waals surface area (Å²) in [5, 5.41) is 11.8. The Labute approximate surface area is 124 Å². The number of rotatable bonds is 8. The fraction of sp³-hybridized carbons (Fsp3) is 0.500. The van der Waals surface area contributed by atoms with Crippen molar-refractivity contribution in [3.05, 3.63) is 35.4 Å². The first kappa shape index (κ1) is 15.5. The van der Waals surface area contributed by atoms with Crippen LogP contribution in [-0.4, -0.2) is 30.2 Å². The number of carboxylic acids is 1. The lowest BCUT2D eigenvalue weighted by Gasteiger charge is -2.19. The van der Waals surface area contributed by atoms with Gasteiger partial charge < -0.3 is 15.2 Å². The summed E-state index contributed by atoms with van der Waals surface area (Å²) in [4.78, 5) is 22.9. The maximum Gasteiger partial charge on any atom is 0.305 e. The average Bonchev–Trinajstić information content (AvgIpc) is 3.22. The van der Waals surface area contributed by atoms with Gasteiger partial charge in [0.2, 0.25) is 5.91 Å². The fourth-order valence-electron chi connectivity index (χ4n) is 2.23. The van der Waals surface area contributed by atoms with Crippen molar-refractivity contribution < 1.29 is 19.4 Å². The molecule has 1 unspecified atom stereocenters. The molecule has 0 saturated heterocycles. The zero-order chi connectivity index (χ0) is 15.2. The number of aliphatic carboxylic acids is 1. The summed E-state index contributed by atoms with van der Waals surface area (Å²) in [6, 6.07) is 6.94. The third-order valence-corrected chi connectivity index (χ3v) is 3.56. The van der Waals surface area contributed by atoms with Crippen molar-refractivity contribution in [2.45, 2.75) is 32.2 Å². The molecule has 1 amide bonds. The second-order valence-corrected chi connectivity index (χ2v) is 5.53. The Morgan fingerprint density at radius 3 is 2.71 bits per heavy atom. The van der Waals surface area contributed by atoms with Gasteiger partial charge in [0, 0.05) is 0 Å². The molecule has 5 heteroatoms. The number of hydrogen-bond donors (Lipinski definition) is 2. The minimum Gasteiger partial charge on any atom is -0.481 e. The molecule has 1 saturated carbocycles. The van der Waals surface area contributed by atoms with Crippen LogP contribution in [0.15, 0.2) is 24.3 Å². The number of aryl methyl sites for hydroxylation is 1. The highest BCUT2D eigenvalue weighted by atomic mass is 16.5. The zero-order valence-corrected chi connectivity index (χ0v) is 12.2. The minimum atomic E-state index is -0.942. The van der Waals surface area contributed by atoms with Gasteiger partial charge in [0.1, 0.15) is 6.61 Å². The standard InChI is InChI=1S/C16H21NO4/c1-11-4-2-3-5-13(11)14(8-16(19)20)17-15(18)10-21-9-12-6-7-12/h2-5,12,14H,6-10H2,1H3,(H,17,18)(H,19,20). The number of carbonyl (C=O) groups excluding carboxylic acids is 1. The van der Waals surface area contributed by atoms with Crippen molar-refractivity contribution in [3.63, 3.8) is 0 Å². The van der Waals surface area contributed by atoms with Gasteiger partial charge in [0.25, 0.3) is 0 Å². The Balaban J connectivity index is 1.93. The van der Waals surface area contributed by atoms with Gasteiger partial charge in [-0.25, -0.2) is 0 Å². The van der Waals surface area contributed by atoms with E-state index in [2.05, 4.69) is 5.32 Å². The van der Waals surface area contributed by atoms with Crippen LogP contribution in [-0.2, 0) is 14.3 Å². The van der Waals surface area contributed by atoms with Crippen molar-refractivity contribution in [1.29, 1.82) is 0 Å². The van der Waals surface area contributed by atoms with Gasteiger partial charge in [-0.1, -0.05) is 24.3 Å². The first-order valence-corrected chi connectivity index (χ1v) is 7.20. The Morgan fingerprint density at radius 2 is 2.10 bits per heavy atom. The van der Waals surface area contributed by atoms with E-state index in [1.165, 1.54) is 12.8 Å². The molecule has 21 heavy (non-hydrogen) atoms. The molecule has 0 aliphatic heterocycles. The average molecular weight is 291 g/mol. The van der Waals surface area contributed by atoms with Gasteiger partial charge in [-0.3, -0.25) is 9.59 Å². The second kappa shape index (κ2) is 7.22. The molecular formula is C16H21NO4. The van der Waals surface area contributed by atoms with E-state index in [0.717, 1.165) is 11.1 Å². The molecule has 1 aromatic carbocycles. The van der Waals surface area contributed by atoms with E-state index in [-0.39, 0.29) is 18.9 Å². The van der Waals surface area contributed by atoms with E-state index in [9.17, 15) is 9.59 Å². The molecule has 1 atom stereocenters. The molecule has 0 spiro atoms. The second-order valence-electron chi connectivity index (χ2n) is 5.53. The monoisotopic (exact) mass is 291 g/mol. The van der Waals surface area contributed by atoms with Gasteiger partial charge in [-0.15, -0.1) is 0 Å². The predicted octanol–water partition coefficient (Wildman–Crippen LogP) is 2.05. The van der Waals surface area contributed by atoms with Crippen LogP contribution < -0.4 is 5.32 Å². The highest BCUT2D eigenvalue weighted by molar-refractivity contribution is 5.79. The van der Waals surface area contributed by atoms with E-state index in [4.69, 9.17) is 9.84 Å². The van der Waals surface area contributed by atoms with E-state index in [0.29, 0.717) is 12.5 Å². The molecular weight excluding hydrogens is 270 g/mol. The fourth-order valence-corrected chi connectivity index (χ4v) is 2.23. The summed E-state index contributed by atoms with van der Waals surface area (Å²) >= 11 is 0. The smallest absolute Gasteiger partial charge is 0.305 e. The summed E-state index contributed by atoms with van der Waals surface area (Å²) in [7, 11) is 0. The van der Waals surface area contributed by atoms with Crippen molar-refractivity contribution in [2.75, 3.05) is 13.2 Å². The quantitative estimate of drug-likeness (QED) is 0.768. The Kier molecular flexibility index (Phi) is 5.33. The molecule has 0 bridgehead atoms. The first-order valence-electron chi connectivity index (χ1n) is 7.20. The lowest BCUT2D eigenvalue weighted by Crippen LogP contribution is -2.33. The van der Waals surface area contributed by atoms with Gasteiger partial charge in [-0.05, 0) is 36.8 Å². The molecule has 2 rings (SSSR count). The van der Waals surface area contributed by atoms with Crippen molar-refractivity contribution in [1.82, 2.24) is 5.32 Å². The van der Waals surface area contributed by atoms with Crippen LogP contribution in [0.2, 0.25) is 0 Å². The highest BCUT2D eigenvalue weighted by Gasteiger charge is 2.23. The van der Waals surface area contributed by atoms with Gasteiger partial charge in [0.15, 0.2) is 0 Å². The molecule has 0 heterocycles. The third kappa shape index (κ3) is 5.19. The van der Waals surface area contributed by atoms with Crippen LogP contribution in [0.5, 0.6) is 0 Å². The van der Waals surface area contributed by atoms with E-state index in [1.54, 1.807) is 0 Å². The topological polar surface area (TPSA) is 75.6 Å². The Hall–Kier alpha value is -1.88. The van der Waals surface area contributed by atoms with Crippen molar-refractivity contribution in [2.24, 2.45) is 5.92 Å². The normalized spacial score (nSPS) is 15.5. The Bertz CT molecular complexity index is 511. The van der Waals surface area contributed by atoms with Crippen LogP contribution in [0.25, 0.3) is 0 Å². The molecule has 1 aliphatic carbocycles. The zero-order valence-electron chi connectivity index (χ0n) is 12.2. The molecule has 2 N–H and O–H groups in total. The largest absolute Gasteiger partial charge is 0.481 e. The number of nitrogens with one attached hydrogen (secondary N) is 1. The molecule has 0 aromatic heterocycles. The van der Waals surface area contributed by atoms with E-state index >= 15 is 0 Å².